The smallest absolute Gasteiger partial charge is 0.233 e. The van der Waals surface area contributed by atoms with Gasteiger partial charge in [-0.1, -0.05) is 42.6 Å². The number of quaternary nitrogens is 1. The molecule has 3 rings (SSSR count). The maximum Gasteiger partial charge on any atom is 0.233 e. The molecule has 3 atom stereocenters. The molecule has 0 radical (unpaired) electrons. The van der Waals surface area contributed by atoms with Crippen LogP contribution in [0.3, 0.4) is 0 Å². The fraction of sp³-hybridized carbons (Fsp3) is 0.571. The third kappa shape index (κ3) is 4.39. The van der Waals surface area contributed by atoms with Gasteiger partial charge in [0.05, 0.1) is 32.5 Å². The molecular weight excluding hydrogens is 378 g/mol. The summed E-state index contributed by atoms with van der Waals surface area (Å²) < 4.78 is 0. The Labute approximate surface area is 171 Å². The largest absolute Gasteiger partial charge is 0.350 e. The van der Waals surface area contributed by atoms with Crippen LogP contribution in [0, 0.1) is 11.8 Å². The number of halogens is 1. The summed E-state index contributed by atoms with van der Waals surface area (Å²) in [6.07, 6.45) is 3.73. The van der Waals surface area contributed by atoms with Gasteiger partial charge in [0.1, 0.15) is 6.04 Å². The fourth-order valence-electron chi connectivity index (χ4n) is 4.35. The zero-order chi connectivity index (χ0) is 20.3. The number of nitrogens with zero attached hydrogens (tertiary/aromatic N) is 1. The van der Waals surface area contributed by atoms with E-state index in [9.17, 15) is 14.4 Å². The molecule has 1 saturated heterocycles. The van der Waals surface area contributed by atoms with Crippen LogP contribution in [-0.4, -0.2) is 49.8 Å². The lowest BCUT2D eigenvalue weighted by Crippen LogP contribution is -3.07. The summed E-state index contributed by atoms with van der Waals surface area (Å²) in [4.78, 5) is 39.8. The average molecular weight is 407 g/mol. The molecule has 0 aromatic heterocycles. The van der Waals surface area contributed by atoms with Gasteiger partial charge in [0.25, 0.3) is 0 Å². The van der Waals surface area contributed by atoms with Crippen LogP contribution in [0.5, 0.6) is 0 Å². The van der Waals surface area contributed by atoms with Gasteiger partial charge in [0, 0.05) is 23.6 Å². The molecule has 1 saturated carbocycles. The van der Waals surface area contributed by atoms with Gasteiger partial charge in [0.2, 0.25) is 17.7 Å². The van der Waals surface area contributed by atoms with Gasteiger partial charge in [-0.25, -0.2) is 0 Å². The maximum absolute atomic E-state index is 12.5. The van der Waals surface area contributed by atoms with E-state index in [1.165, 1.54) is 4.90 Å². The first kappa shape index (κ1) is 20.8. The van der Waals surface area contributed by atoms with Crippen molar-refractivity contribution >= 4 is 29.3 Å². The van der Waals surface area contributed by atoms with Crippen molar-refractivity contribution in [2.45, 2.75) is 38.1 Å². The van der Waals surface area contributed by atoms with Crippen LogP contribution < -0.4 is 10.2 Å². The number of carbonyl (C=O) groups excluding carboxylic acids is 3. The molecule has 7 heteroatoms. The van der Waals surface area contributed by atoms with E-state index in [1.54, 1.807) is 0 Å². The Balaban J connectivity index is 1.53. The van der Waals surface area contributed by atoms with E-state index in [4.69, 9.17) is 11.6 Å². The second-order valence-electron chi connectivity index (χ2n) is 8.03. The van der Waals surface area contributed by atoms with Crippen LogP contribution in [0.4, 0.5) is 0 Å². The number of nitrogens with one attached hydrogen (secondary N) is 2. The Morgan fingerprint density at radius 1 is 1.18 bits per heavy atom. The van der Waals surface area contributed by atoms with E-state index < -0.39 is 0 Å². The van der Waals surface area contributed by atoms with E-state index in [-0.39, 0.29) is 48.6 Å². The summed E-state index contributed by atoms with van der Waals surface area (Å²) in [5.41, 5.74) is 0.985. The van der Waals surface area contributed by atoms with Crippen LogP contribution in [0.1, 0.15) is 43.7 Å². The zero-order valence-corrected chi connectivity index (χ0v) is 17.3. The average Bonchev–Trinajstić information content (AvgIpc) is 2.92. The lowest BCUT2D eigenvalue weighted by Gasteiger charge is -2.23. The van der Waals surface area contributed by atoms with Gasteiger partial charge in [0.15, 0.2) is 0 Å². The summed E-state index contributed by atoms with van der Waals surface area (Å²) in [6.45, 7) is 0.611. The molecule has 3 amide bonds. The topological polar surface area (TPSA) is 70.9 Å². The number of likely N-dealkylation sites (N-methyl/N-ethyl adjacent to an activating group) is 1. The second-order valence-corrected chi connectivity index (χ2v) is 8.44. The minimum Gasteiger partial charge on any atom is -0.350 e. The first-order valence-corrected chi connectivity index (χ1v) is 10.4. The molecule has 1 aliphatic carbocycles. The molecule has 1 aromatic carbocycles. The zero-order valence-electron chi connectivity index (χ0n) is 16.5. The van der Waals surface area contributed by atoms with Crippen LogP contribution in [-0.2, 0) is 14.4 Å². The predicted octanol–water partition coefficient (Wildman–Crippen LogP) is 1.21. The normalized spacial score (nSPS) is 23.1. The Hall–Kier alpha value is -1.92. The highest BCUT2D eigenvalue weighted by Crippen LogP contribution is 2.37. The van der Waals surface area contributed by atoms with E-state index in [0.29, 0.717) is 11.6 Å². The third-order valence-corrected chi connectivity index (χ3v) is 6.32. The van der Waals surface area contributed by atoms with Crippen LogP contribution >= 0.6 is 11.6 Å². The van der Waals surface area contributed by atoms with Gasteiger partial charge in [-0.3, -0.25) is 19.3 Å². The number of rotatable bonds is 7. The molecular formula is C21H29ClN3O3+. The predicted molar refractivity (Wildman–Crippen MR) is 107 cm³/mol. The molecule has 1 heterocycles. The Bertz CT molecular complexity index is 728. The van der Waals surface area contributed by atoms with Crippen LogP contribution in [0.15, 0.2) is 24.3 Å². The maximum atomic E-state index is 12.5. The van der Waals surface area contributed by atoms with Gasteiger partial charge in [-0.15, -0.1) is 0 Å². The van der Waals surface area contributed by atoms with Gasteiger partial charge in [-0.05, 0) is 18.9 Å². The van der Waals surface area contributed by atoms with E-state index in [0.717, 1.165) is 36.1 Å². The molecule has 28 heavy (non-hydrogen) atoms. The van der Waals surface area contributed by atoms with Crippen molar-refractivity contribution < 1.29 is 19.3 Å². The molecule has 2 N–H and O–H groups in total. The number of amides is 3. The summed E-state index contributed by atoms with van der Waals surface area (Å²) in [5.74, 6) is -0.658. The number of hydrogen-bond acceptors (Lipinski definition) is 3. The monoisotopic (exact) mass is 406 g/mol. The highest BCUT2D eigenvalue weighted by Gasteiger charge is 2.47. The Kier molecular flexibility index (Phi) is 6.73. The van der Waals surface area contributed by atoms with E-state index in [2.05, 4.69) is 5.32 Å². The van der Waals surface area contributed by atoms with Crippen molar-refractivity contribution in [2.24, 2.45) is 11.8 Å². The van der Waals surface area contributed by atoms with Crippen LogP contribution in [0.2, 0.25) is 5.02 Å². The van der Waals surface area contributed by atoms with Gasteiger partial charge >= 0.3 is 0 Å². The minimum absolute atomic E-state index is 0.0237. The highest BCUT2D eigenvalue weighted by molar-refractivity contribution is 6.31. The molecule has 152 valence electrons. The summed E-state index contributed by atoms with van der Waals surface area (Å²) in [7, 11) is 4.03. The number of imide groups is 1. The van der Waals surface area contributed by atoms with Crippen molar-refractivity contribution in [3.8, 4) is 0 Å². The Morgan fingerprint density at radius 3 is 2.36 bits per heavy atom. The second kappa shape index (κ2) is 9.05. The molecule has 0 spiro atoms. The lowest BCUT2D eigenvalue weighted by molar-refractivity contribution is -0.890. The van der Waals surface area contributed by atoms with E-state index in [1.807, 2.05) is 38.4 Å². The number of hydrogen-bond donors (Lipinski definition) is 2. The first-order chi connectivity index (χ1) is 13.4. The van der Waals surface area contributed by atoms with Crippen molar-refractivity contribution in [1.29, 1.82) is 0 Å². The number of benzene rings is 1. The van der Waals surface area contributed by atoms with Crippen molar-refractivity contribution in [3.63, 3.8) is 0 Å². The van der Waals surface area contributed by atoms with Crippen LogP contribution in [0.25, 0.3) is 0 Å². The Morgan fingerprint density at radius 2 is 1.79 bits per heavy atom. The number of carbonyl (C=O) groups is 3. The van der Waals surface area contributed by atoms with Crippen molar-refractivity contribution in [1.82, 2.24) is 10.2 Å². The highest BCUT2D eigenvalue weighted by atomic mass is 35.5. The minimum atomic E-state index is -0.161. The quantitative estimate of drug-likeness (QED) is 0.668. The van der Waals surface area contributed by atoms with Gasteiger partial charge in [-0.2, -0.15) is 0 Å². The number of fused-ring (bicyclic) bond motifs is 1. The third-order valence-electron chi connectivity index (χ3n) is 5.98. The summed E-state index contributed by atoms with van der Waals surface area (Å²) >= 11 is 6.31. The molecule has 2 aliphatic rings. The summed E-state index contributed by atoms with van der Waals surface area (Å²) in [5, 5.41) is 3.62. The van der Waals surface area contributed by atoms with Crippen molar-refractivity contribution in [3.05, 3.63) is 34.9 Å². The first-order valence-electron chi connectivity index (χ1n) is 10.1. The van der Waals surface area contributed by atoms with Crippen molar-refractivity contribution in [2.75, 3.05) is 27.2 Å². The molecule has 2 fully saturated rings. The summed E-state index contributed by atoms with van der Waals surface area (Å²) in [6, 6.07) is 7.65. The molecule has 1 aliphatic heterocycles. The molecule has 0 unspecified atom stereocenters. The molecule has 1 aromatic rings. The SMILES string of the molecule is C[NH+](C)[C@@H](CNC(=O)CCN1C(=O)[C@H]2CCCC[C@@H]2C1=O)c1ccccc1Cl. The standard InChI is InChI=1S/C21H28ClN3O3/c1-24(2)18(16-9-5-6-10-17(16)22)13-23-19(26)11-12-25-20(27)14-7-3-4-8-15(14)21(25)28/h5-6,9-10,14-15,18H,3-4,7-8,11-13H2,1-2H3,(H,23,26)/p+1/t14-,15-,18-/m0/s1. The number of likely N-dealkylation sites (tertiary alicyclic amines) is 1. The van der Waals surface area contributed by atoms with E-state index >= 15 is 0 Å². The van der Waals surface area contributed by atoms with Gasteiger partial charge < -0.3 is 10.2 Å². The molecule has 6 nitrogen and oxygen atoms in total. The molecule has 0 bridgehead atoms. The lowest BCUT2D eigenvalue weighted by atomic mass is 9.81. The fourth-order valence-corrected chi connectivity index (χ4v) is 4.62.